The second-order valence-corrected chi connectivity index (χ2v) is 4.17. The van der Waals surface area contributed by atoms with E-state index in [1.54, 1.807) is 0 Å². The molecule has 13 heavy (non-hydrogen) atoms. The van der Waals surface area contributed by atoms with Crippen LogP contribution in [-0.4, -0.2) is 6.04 Å². The largest absolute Gasteiger partial charge is 0.327 e. The van der Waals surface area contributed by atoms with E-state index in [0.29, 0.717) is 5.92 Å². The molecule has 0 bridgehead atoms. The van der Waals surface area contributed by atoms with E-state index < -0.39 is 0 Å². The fourth-order valence-corrected chi connectivity index (χ4v) is 1.25. The Balaban J connectivity index is 2.59. The van der Waals surface area contributed by atoms with Crippen LogP contribution in [0.1, 0.15) is 19.4 Å². The van der Waals surface area contributed by atoms with E-state index >= 15 is 0 Å². The van der Waals surface area contributed by atoms with E-state index in [4.69, 9.17) is 17.3 Å². The molecule has 0 aliphatic heterocycles. The Kier molecular flexibility index (Phi) is 3.76. The Morgan fingerprint density at radius 1 is 1.23 bits per heavy atom. The fourth-order valence-electron chi connectivity index (χ4n) is 1.13. The van der Waals surface area contributed by atoms with E-state index in [1.165, 1.54) is 5.56 Å². The molecular weight excluding hydrogens is 182 g/mol. The van der Waals surface area contributed by atoms with Gasteiger partial charge in [0.1, 0.15) is 0 Å². The molecule has 0 aromatic heterocycles. The van der Waals surface area contributed by atoms with E-state index in [9.17, 15) is 0 Å². The topological polar surface area (TPSA) is 26.0 Å². The maximum absolute atomic E-state index is 5.95. The Labute approximate surface area is 84.9 Å². The zero-order valence-electron chi connectivity index (χ0n) is 8.13. The predicted molar refractivity (Wildman–Crippen MR) is 58.0 cm³/mol. The van der Waals surface area contributed by atoms with Crippen LogP contribution in [0.5, 0.6) is 0 Å². The summed E-state index contributed by atoms with van der Waals surface area (Å²) in [5.41, 5.74) is 7.21. The molecule has 0 unspecified atom stereocenters. The van der Waals surface area contributed by atoms with Crippen LogP contribution in [0.3, 0.4) is 0 Å². The molecule has 1 nitrogen and oxygen atoms in total. The van der Waals surface area contributed by atoms with Crippen molar-refractivity contribution in [3.63, 3.8) is 0 Å². The van der Waals surface area contributed by atoms with Crippen LogP contribution in [0.2, 0.25) is 5.02 Å². The molecule has 0 spiro atoms. The third kappa shape index (κ3) is 3.37. The molecule has 72 valence electrons. The molecule has 0 aliphatic carbocycles. The van der Waals surface area contributed by atoms with Crippen LogP contribution in [0.4, 0.5) is 0 Å². The summed E-state index contributed by atoms with van der Waals surface area (Å²) < 4.78 is 0. The lowest BCUT2D eigenvalue weighted by Gasteiger charge is -2.15. The first-order valence-corrected chi connectivity index (χ1v) is 4.97. The molecule has 0 radical (unpaired) electrons. The lowest BCUT2D eigenvalue weighted by molar-refractivity contribution is 0.490. The molecule has 1 rings (SSSR count). The van der Waals surface area contributed by atoms with Crippen LogP contribution in [0.15, 0.2) is 24.3 Å². The number of hydrogen-bond donors (Lipinski definition) is 1. The Morgan fingerprint density at radius 3 is 2.23 bits per heavy atom. The van der Waals surface area contributed by atoms with Crippen molar-refractivity contribution in [1.82, 2.24) is 0 Å². The van der Waals surface area contributed by atoms with Gasteiger partial charge in [0.15, 0.2) is 0 Å². The van der Waals surface area contributed by atoms with Crippen molar-refractivity contribution in [2.75, 3.05) is 0 Å². The standard InChI is InChI=1S/C11H16ClN/c1-8(2)11(13)7-9-3-5-10(12)6-4-9/h3-6,8,11H,7,13H2,1-2H3/t11-/m1/s1. The minimum atomic E-state index is 0.237. The van der Waals surface area contributed by atoms with Crippen molar-refractivity contribution in [2.45, 2.75) is 26.3 Å². The molecule has 1 aromatic rings. The molecule has 0 saturated carbocycles. The normalized spacial score (nSPS) is 13.3. The molecule has 0 aliphatic rings. The van der Waals surface area contributed by atoms with Crippen molar-refractivity contribution in [3.8, 4) is 0 Å². The Morgan fingerprint density at radius 2 is 1.77 bits per heavy atom. The number of halogens is 1. The quantitative estimate of drug-likeness (QED) is 0.793. The van der Waals surface area contributed by atoms with Gasteiger partial charge in [-0.1, -0.05) is 37.6 Å². The van der Waals surface area contributed by atoms with Gasteiger partial charge in [-0.2, -0.15) is 0 Å². The molecule has 0 heterocycles. The van der Waals surface area contributed by atoms with Gasteiger partial charge in [0.25, 0.3) is 0 Å². The van der Waals surface area contributed by atoms with Gasteiger partial charge in [-0.3, -0.25) is 0 Å². The molecule has 0 saturated heterocycles. The van der Waals surface area contributed by atoms with Crippen molar-refractivity contribution in [3.05, 3.63) is 34.9 Å². The van der Waals surface area contributed by atoms with Gasteiger partial charge in [0.05, 0.1) is 0 Å². The first kappa shape index (κ1) is 10.6. The third-order valence-electron chi connectivity index (χ3n) is 2.24. The van der Waals surface area contributed by atoms with Crippen LogP contribution >= 0.6 is 11.6 Å². The maximum Gasteiger partial charge on any atom is 0.0406 e. The summed E-state index contributed by atoms with van der Waals surface area (Å²) in [6.07, 6.45) is 0.925. The lowest BCUT2D eigenvalue weighted by Crippen LogP contribution is -2.28. The zero-order chi connectivity index (χ0) is 9.84. The molecule has 0 fully saturated rings. The summed E-state index contributed by atoms with van der Waals surface area (Å²) in [6.45, 7) is 4.28. The number of nitrogens with two attached hydrogens (primary N) is 1. The van der Waals surface area contributed by atoms with Crippen LogP contribution in [0.25, 0.3) is 0 Å². The van der Waals surface area contributed by atoms with Crippen LogP contribution in [-0.2, 0) is 6.42 Å². The first-order valence-electron chi connectivity index (χ1n) is 4.59. The summed E-state index contributed by atoms with van der Waals surface area (Å²) in [6, 6.07) is 8.12. The minimum Gasteiger partial charge on any atom is -0.327 e. The molecule has 2 heteroatoms. The van der Waals surface area contributed by atoms with Gasteiger partial charge in [-0.05, 0) is 30.0 Å². The van der Waals surface area contributed by atoms with Gasteiger partial charge in [0, 0.05) is 11.1 Å². The highest BCUT2D eigenvalue weighted by atomic mass is 35.5. The van der Waals surface area contributed by atoms with Gasteiger partial charge in [-0.15, -0.1) is 0 Å². The second kappa shape index (κ2) is 4.64. The van der Waals surface area contributed by atoms with E-state index in [0.717, 1.165) is 11.4 Å². The molecule has 1 aromatic carbocycles. The molecule has 1 atom stereocenters. The lowest BCUT2D eigenvalue weighted by atomic mass is 9.97. The van der Waals surface area contributed by atoms with Gasteiger partial charge >= 0.3 is 0 Å². The van der Waals surface area contributed by atoms with Crippen LogP contribution in [0, 0.1) is 5.92 Å². The van der Waals surface area contributed by atoms with Crippen molar-refractivity contribution in [1.29, 1.82) is 0 Å². The summed E-state index contributed by atoms with van der Waals surface area (Å²) in [4.78, 5) is 0. The van der Waals surface area contributed by atoms with Gasteiger partial charge < -0.3 is 5.73 Å². The fraction of sp³-hybridized carbons (Fsp3) is 0.455. The summed E-state index contributed by atoms with van der Waals surface area (Å²) >= 11 is 5.78. The highest BCUT2D eigenvalue weighted by molar-refractivity contribution is 6.30. The van der Waals surface area contributed by atoms with Crippen molar-refractivity contribution in [2.24, 2.45) is 11.7 Å². The monoisotopic (exact) mass is 197 g/mol. The average Bonchev–Trinajstić information content (AvgIpc) is 2.08. The van der Waals surface area contributed by atoms with E-state index in [-0.39, 0.29) is 6.04 Å². The number of rotatable bonds is 3. The van der Waals surface area contributed by atoms with E-state index in [1.807, 2.05) is 24.3 Å². The van der Waals surface area contributed by atoms with E-state index in [2.05, 4.69) is 13.8 Å². The molecule has 2 N–H and O–H groups in total. The highest BCUT2D eigenvalue weighted by Gasteiger charge is 2.07. The smallest absolute Gasteiger partial charge is 0.0406 e. The molecular formula is C11H16ClN. The second-order valence-electron chi connectivity index (χ2n) is 3.74. The average molecular weight is 198 g/mol. The highest BCUT2D eigenvalue weighted by Crippen LogP contribution is 2.12. The first-order chi connectivity index (χ1) is 6.09. The van der Waals surface area contributed by atoms with Crippen LogP contribution < -0.4 is 5.73 Å². The molecule has 0 amide bonds. The third-order valence-corrected chi connectivity index (χ3v) is 2.49. The number of benzene rings is 1. The summed E-state index contributed by atoms with van der Waals surface area (Å²) in [7, 11) is 0. The summed E-state index contributed by atoms with van der Waals surface area (Å²) in [5, 5.41) is 0.780. The zero-order valence-corrected chi connectivity index (χ0v) is 8.88. The predicted octanol–water partition coefficient (Wildman–Crippen LogP) is 2.87. The SMILES string of the molecule is CC(C)[C@H](N)Cc1ccc(Cl)cc1. The van der Waals surface area contributed by atoms with Crippen molar-refractivity contribution >= 4 is 11.6 Å². The van der Waals surface area contributed by atoms with Gasteiger partial charge in [-0.25, -0.2) is 0 Å². The van der Waals surface area contributed by atoms with Crippen molar-refractivity contribution < 1.29 is 0 Å². The Hall–Kier alpha value is -0.530. The number of hydrogen-bond acceptors (Lipinski definition) is 1. The minimum absolute atomic E-state index is 0.237. The summed E-state index contributed by atoms with van der Waals surface area (Å²) in [5.74, 6) is 0.524. The van der Waals surface area contributed by atoms with Gasteiger partial charge in [0.2, 0.25) is 0 Å². The Bertz CT molecular complexity index is 253. The maximum atomic E-state index is 5.95.